The number of guanidine groups is 1. The van der Waals surface area contributed by atoms with Gasteiger partial charge in [0.2, 0.25) is 0 Å². The van der Waals surface area contributed by atoms with E-state index in [2.05, 4.69) is 38.9 Å². The van der Waals surface area contributed by atoms with Gasteiger partial charge < -0.3 is 15.5 Å². The second-order valence-electron chi connectivity index (χ2n) is 5.79. The van der Waals surface area contributed by atoms with Crippen LogP contribution in [0.15, 0.2) is 41.5 Å². The largest absolute Gasteiger partial charge is 0.370 e. The number of piperazine rings is 1. The zero-order valence-corrected chi connectivity index (χ0v) is 14.7. The molecule has 1 saturated heterocycles. The number of benzene rings is 1. The maximum atomic E-state index is 6.14. The van der Waals surface area contributed by atoms with E-state index in [0.29, 0.717) is 12.5 Å². The lowest BCUT2D eigenvalue weighted by atomic mass is 10.2. The Labute approximate surface area is 147 Å². The smallest absolute Gasteiger partial charge is 0.191 e. The van der Waals surface area contributed by atoms with Crippen molar-refractivity contribution in [2.75, 3.05) is 31.1 Å². The molecule has 7 heteroatoms. The predicted molar refractivity (Wildman–Crippen MR) is 98.5 cm³/mol. The third-order valence-electron chi connectivity index (χ3n) is 4.22. The Hall–Kier alpha value is -2.21. The Morgan fingerprint density at radius 1 is 1.17 bits per heavy atom. The number of nitrogens with zero attached hydrogens (tertiary/aromatic N) is 5. The molecule has 0 saturated carbocycles. The second kappa shape index (κ2) is 7.57. The predicted octanol–water partition coefficient (Wildman–Crippen LogP) is 2.19. The van der Waals surface area contributed by atoms with Crippen molar-refractivity contribution >= 4 is 23.2 Å². The molecule has 0 radical (unpaired) electrons. The maximum Gasteiger partial charge on any atom is 0.191 e. The molecule has 6 nitrogen and oxygen atoms in total. The first-order valence-corrected chi connectivity index (χ1v) is 8.61. The van der Waals surface area contributed by atoms with Crippen molar-refractivity contribution in [3.8, 4) is 0 Å². The maximum absolute atomic E-state index is 6.14. The molecule has 2 N–H and O–H groups in total. The van der Waals surface area contributed by atoms with Crippen LogP contribution in [-0.4, -0.2) is 46.8 Å². The number of hydrogen-bond acceptors (Lipinski definition) is 3. The summed E-state index contributed by atoms with van der Waals surface area (Å²) in [7, 11) is 0. The lowest BCUT2D eigenvalue weighted by Crippen LogP contribution is -2.51. The number of aliphatic imine (C=N–C) groups is 1. The van der Waals surface area contributed by atoms with Gasteiger partial charge in [0.1, 0.15) is 0 Å². The fourth-order valence-electron chi connectivity index (χ4n) is 2.77. The van der Waals surface area contributed by atoms with E-state index in [4.69, 9.17) is 17.3 Å². The topological polar surface area (TPSA) is 62.7 Å². The summed E-state index contributed by atoms with van der Waals surface area (Å²) in [6, 6.07) is 9.95. The van der Waals surface area contributed by atoms with Crippen LogP contribution in [0.1, 0.15) is 12.6 Å². The molecule has 0 atom stereocenters. The molecular weight excluding hydrogens is 324 g/mol. The van der Waals surface area contributed by atoms with Crippen LogP contribution in [0.5, 0.6) is 0 Å². The molecule has 128 valence electrons. The van der Waals surface area contributed by atoms with Gasteiger partial charge in [-0.2, -0.15) is 5.10 Å². The van der Waals surface area contributed by atoms with E-state index in [0.717, 1.165) is 43.4 Å². The van der Waals surface area contributed by atoms with Crippen molar-refractivity contribution < 1.29 is 0 Å². The zero-order valence-electron chi connectivity index (χ0n) is 13.9. The number of halogens is 1. The van der Waals surface area contributed by atoms with Gasteiger partial charge in [0.15, 0.2) is 5.96 Å². The van der Waals surface area contributed by atoms with Gasteiger partial charge in [0.25, 0.3) is 0 Å². The van der Waals surface area contributed by atoms with Crippen LogP contribution in [0.25, 0.3) is 0 Å². The molecule has 0 amide bonds. The van der Waals surface area contributed by atoms with Crippen molar-refractivity contribution in [1.29, 1.82) is 0 Å². The van der Waals surface area contributed by atoms with E-state index in [1.54, 1.807) is 0 Å². The molecule has 1 aliphatic heterocycles. The molecule has 1 fully saturated rings. The minimum Gasteiger partial charge on any atom is -0.370 e. The molecule has 3 rings (SSSR count). The van der Waals surface area contributed by atoms with Gasteiger partial charge in [-0.3, -0.25) is 4.68 Å². The number of hydrogen-bond donors (Lipinski definition) is 1. The van der Waals surface area contributed by atoms with Gasteiger partial charge in [-0.25, -0.2) is 4.99 Å². The molecule has 1 aromatic heterocycles. The van der Waals surface area contributed by atoms with Crippen LogP contribution in [0.3, 0.4) is 0 Å². The summed E-state index contributed by atoms with van der Waals surface area (Å²) in [6.45, 7) is 7.02. The van der Waals surface area contributed by atoms with Gasteiger partial charge in [0, 0.05) is 49.6 Å². The summed E-state index contributed by atoms with van der Waals surface area (Å²) < 4.78 is 1.89. The normalized spacial score (nSPS) is 15.8. The lowest BCUT2D eigenvalue weighted by molar-refractivity contribution is 0.380. The molecule has 24 heavy (non-hydrogen) atoms. The van der Waals surface area contributed by atoms with Gasteiger partial charge in [-0.15, -0.1) is 0 Å². The van der Waals surface area contributed by atoms with E-state index >= 15 is 0 Å². The Morgan fingerprint density at radius 3 is 2.50 bits per heavy atom. The molecule has 0 bridgehead atoms. The van der Waals surface area contributed by atoms with Crippen LogP contribution in [-0.2, 0) is 13.1 Å². The molecule has 1 aromatic carbocycles. The van der Waals surface area contributed by atoms with Crippen molar-refractivity contribution in [2.45, 2.75) is 20.0 Å². The summed E-state index contributed by atoms with van der Waals surface area (Å²) in [6.07, 6.45) is 1.96. The minimum absolute atomic E-state index is 0.524. The fourth-order valence-corrected chi connectivity index (χ4v) is 2.90. The van der Waals surface area contributed by atoms with Gasteiger partial charge in [-0.1, -0.05) is 11.6 Å². The summed E-state index contributed by atoms with van der Waals surface area (Å²) in [5.74, 6) is 0.594. The quantitative estimate of drug-likeness (QED) is 0.681. The highest BCUT2D eigenvalue weighted by Crippen LogP contribution is 2.19. The molecule has 0 aliphatic carbocycles. The summed E-state index contributed by atoms with van der Waals surface area (Å²) in [5, 5.41) is 5.18. The molecule has 1 aliphatic rings. The number of aromatic nitrogens is 2. The van der Waals surface area contributed by atoms with Crippen LogP contribution < -0.4 is 10.6 Å². The van der Waals surface area contributed by atoms with E-state index in [1.807, 2.05) is 29.1 Å². The van der Waals surface area contributed by atoms with Gasteiger partial charge >= 0.3 is 0 Å². The first-order chi connectivity index (χ1) is 11.7. The molecule has 2 heterocycles. The highest BCUT2D eigenvalue weighted by Gasteiger charge is 2.18. The van der Waals surface area contributed by atoms with Crippen molar-refractivity contribution in [3.63, 3.8) is 0 Å². The van der Waals surface area contributed by atoms with Crippen LogP contribution in [0, 0.1) is 0 Å². The number of nitrogens with two attached hydrogens (primary N) is 1. The number of anilines is 1. The first-order valence-electron chi connectivity index (χ1n) is 8.23. The summed E-state index contributed by atoms with van der Waals surface area (Å²) >= 11 is 5.95. The molecule has 0 spiro atoms. The average molecular weight is 347 g/mol. The average Bonchev–Trinajstić information content (AvgIpc) is 3.09. The molecular formula is C17H23ClN6. The Bertz CT molecular complexity index is 685. The van der Waals surface area contributed by atoms with Crippen molar-refractivity contribution in [1.82, 2.24) is 14.7 Å². The Kier molecular flexibility index (Phi) is 5.25. The highest BCUT2D eigenvalue weighted by molar-refractivity contribution is 6.30. The van der Waals surface area contributed by atoms with Gasteiger partial charge in [-0.05, 0) is 37.3 Å². The summed E-state index contributed by atoms with van der Waals surface area (Å²) in [5.41, 5.74) is 8.28. The fraction of sp³-hybridized carbons (Fsp3) is 0.412. The van der Waals surface area contributed by atoms with Crippen molar-refractivity contribution in [2.24, 2.45) is 10.7 Å². The SMILES string of the molecule is CCn1ccc(CN=C(N)N2CCN(c3ccc(Cl)cc3)CC2)n1. The van der Waals surface area contributed by atoms with Crippen LogP contribution >= 0.6 is 11.6 Å². The van der Waals surface area contributed by atoms with Crippen LogP contribution in [0.4, 0.5) is 5.69 Å². The molecule has 0 unspecified atom stereocenters. The third-order valence-corrected chi connectivity index (χ3v) is 4.47. The van der Waals surface area contributed by atoms with E-state index < -0.39 is 0 Å². The minimum atomic E-state index is 0.524. The van der Waals surface area contributed by atoms with Gasteiger partial charge in [0.05, 0.1) is 12.2 Å². The molecule has 2 aromatic rings. The Morgan fingerprint density at radius 2 is 1.88 bits per heavy atom. The number of rotatable bonds is 4. The second-order valence-corrected chi connectivity index (χ2v) is 6.22. The van der Waals surface area contributed by atoms with Crippen LogP contribution in [0.2, 0.25) is 5.02 Å². The standard InChI is InChI=1S/C17H23ClN6/c1-2-24-8-7-15(21-24)13-20-17(19)23-11-9-22(10-12-23)16-5-3-14(18)4-6-16/h3-8H,2,9-13H2,1H3,(H2,19,20). The van der Waals surface area contributed by atoms with E-state index in [9.17, 15) is 0 Å². The van der Waals surface area contributed by atoms with E-state index in [-0.39, 0.29) is 0 Å². The highest BCUT2D eigenvalue weighted by atomic mass is 35.5. The third kappa shape index (κ3) is 4.00. The first kappa shape index (κ1) is 16.6. The zero-order chi connectivity index (χ0) is 16.9. The number of aryl methyl sites for hydroxylation is 1. The summed E-state index contributed by atoms with van der Waals surface area (Å²) in [4.78, 5) is 8.95. The Balaban J connectivity index is 1.53. The lowest BCUT2D eigenvalue weighted by Gasteiger charge is -2.36. The van der Waals surface area contributed by atoms with E-state index in [1.165, 1.54) is 5.69 Å². The van der Waals surface area contributed by atoms with Crippen molar-refractivity contribution in [3.05, 3.63) is 47.2 Å². The monoisotopic (exact) mass is 346 g/mol.